The lowest BCUT2D eigenvalue weighted by Crippen LogP contribution is -2.00. The Morgan fingerprint density at radius 2 is 1.68 bits per heavy atom. The minimum Gasteiger partial charge on any atom is -0.497 e. The van der Waals surface area contributed by atoms with E-state index in [2.05, 4.69) is 0 Å². The van der Waals surface area contributed by atoms with E-state index in [1.165, 1.54) is 6.07 Å². The van der Waals surface area contributed by atoms with Gasteiger partial charge in [-0.25, -0.2) is 4.79 Å². The van der Waals surface area contributed by atoms with Crippen LogP contribution < -0.4 is 9.47 Å². The number of aryl methyl sites for hydroxylation is 1. The van der Waals surface area contributed by atoms with Crippen LogP contribution >= 0.6 is 0 Å². The lowest BCUT2D eigenvalue weighted by Gasteiger charge is -2.10. The van der Waals surface area contributed by atoms with Crippen LogP contribution in [0, 0.1) is 6.92 Å². The van der Waals surface area contributed by atoms with E-state index < -0.39 is 5.97 Å². The SMILES string of the molecule is COc1ccc(Oc2cc(C)ccc2C(=O)O)cc1. The second-order valence-electron chi connectivity index (χ2n) is 4.08. The smallest absolute Gasteiger partial charge is 0.339 e. The predicted molar refractivity (Wildman–Crippen MR) is 71.2 cm³/mol. The van der Waals surface area contributed by atoms with Gasteiger partial charge in [-0.3, -0.25) is 0 Å². The molecule has 0 radical (unpaired) electrons. The summed E-state index contributed by atoms with van der Waals surface area (Å²) in [6.45, 7) is 1.88. The maximum atomic E-state index is 11.1. The molecule has 0 saturated heterocycles. The molecule has 0 aliphatic carbocycles. The van der Waals surface area contributed by atoms with E-state index in [1.54, 1.807) is 43.5 Å². The Labute approximate surface area is 111 Å². The quantitative estimate of drug-likeness (QED) is 0.912. The molecule has 0 atom stereocenters. The van der Waals surface area contributed by atoms with Crippen molar-refractivity contribution in [2.24, 2.45) is 0 Å². The molecule has 0 aliphatic heterocycles. The Bertz CT molecular complexity index is 588. The first-order valence-electron chi connectivity index (χ1n) is 5.76. The zero-order chi connectivity index (χ0) is 13.8. The molecule has 98 valence electrons. The van der Waals surface area contributed by atoms with Crippen LogP contribution in [0.2, 0.25) is 0 Å². The molecule has 0 fully saturated rings. The van der Waals surface area contributed by atoms with Crippen molar-refractivity contribution >= 4 is 5.97 Å². The Balaban J connectivity index is 2.31. The zero-order valence-electron chi connectivity index (χ0n) is 10.7. The van der Waals surface area contributed by atoms with Crippen molar-refractivity contribution in [2.45, 2.75) is 6.92 Å². The minimum absolute atomic E-state index is 0.140. The number of carboxylic acid groups (broad SMARTS) is 1. The Morgan fingerprint density at radius 1 is 1.05 bits per heavy atom. The molecule has 2 aromatic carbocycles. The van der Waals surface area contributed by atoms with Crippen molar-refractivity contribution in [3.63, 3.8) is 0 Å². The first-order valence-corrected chi connectivity index (χ1v) is 5.76. The fraction of sp³-hybridized carbons (Fsp3) is 0.133. The number of carbonyl (C=O) groups is 1. The van der Waals surface area contributed by atoms with Crippen molar-refractivity contribution in [1.29, 1.82) is 0 Å². The van der Waals surface area contributed by atoms with E-state index in [9.17, 15) is 4.79 Å². The number of hydrogen-bond donors (Lipinski definition) is 1. The molecule has 4 heteroatoms. The third kappa shape index (κ3) is 3.04. The summed E-state index contributed by atoms with van der Waals surface area (Å²) in [6, 6.07) is 11.9. The minimum atomic E-state index is -1.01. The van der Waals surface area contributed by atoms with E-state index in [-0.39, 0.29) is 5.56 Å². The van der Waals surface area contributed by atoms with Crippen molar-refractivity contribution in [3.05, 3.63) is 53.6 Å². The highest BCUT2D eigenvalue weighted by Crippen LogP contribution is 2.27. The molecule has 0 aromatic heterocycles. The number of ether oxygens (including phenoxy) is 2. The normalized spacial score (nSPS) is 10.0. The molecular formula is C15H14O4. The van der Waals surface area contributed by atoms with Crippen molar-refractivity contribution < 1.29 is 19.4 Å². The third-order valence-corrected chi connectivity index (χ3v) is 2.65. The van der Waals surface area contributed by atoms with Crippen LogP contribution in [-0.2, 0) is 0 Å². The zero-order valence-corrected chi connectivity index (χ0v) is 10.7. The van der Waals surface area contributed by atoms with Gasteiger partial charge in [0.15, 0.2) is 0 Å². The first kappa shape index (κ1) is 13.0. The number of aromatic carboxylic acids is 1. The largest absolute Gasteiger partial charge is 0.497 e. The highest BCUT2D eigenvalue weighted by atomic mass is 16.5. The van der Waals surface area contributed by atoms with Gasteiger partial charge in [0, 0.05) is 0 Å². The van der Waals surface area contributed by atoms with Gasteiger partial charge in [0.2, 0.25) is 0 Å². The lowest BCUT2D eigenvalue weighted by atomic mass is 10.1. The van der Waals surface area contributed by atoms with Gasteiger partial charge >= 0.3 is 5.97 Å². The monoisotopic (exact) mass is 258 g/mol. The number of rotatable bonds is 4. The van der Waals surface area contributed by atoms with Gasteiger partial charge in [0.05, 0.1) is 7.11 Å². The second-order valence-corrected chi connectivity index (χ2v) is 4.08. The fourth-order valence-corrected chi connectivity index (χ4v) is 1.66. The Kier molecular flexibility index (Phi) is 3.71. The molecule has 0 heterocycles. The summed E-state index contributed by atoms with van der Waals surface area (Å²) in [5, 5.41) is 9.12. The summed E-state index contributed by atoms with van der Waals surface area (Å²) in [5.74, 6) is 0.602. The van der Waals surface area contributed by atoms with Gasteiger partial charge in [-0.1, -0.05) is 6.07 Å². The standard InChI is InChI=1S/C15H14O4/c1-10-3-8-13(15(16)17)14(9-10)19-12-6-4-11(18-2)5-7-12/h3-9H,1-2H3,(H,16,17). The molecular weight excluding hydrogens is 244 g/mol. The van der Waals surface area contributed by atoms with Gasteiger partial charge in [0.1, 0.15) is 22.8 Å². The predicted octanol–water partition coefficient (Wildman–Crippen LogP) is 3.49. The van der Waals surface area contributed by atoms with Gasteiger partial charge in [0.25, 0.3) is 0 Å². The average molecular weight is 258 g/mol. The lowest BCUT2D eigenvalue weighted by molar-refractivity contribution is 0.0694. The number of hydrogen-bond acceptors (Lipinski definition) is 3. The number of benzene rings is 2. The van der Waals surface area contributed by atoms with Crippen LogP contribution in [-0.4, -0.2) is 18.2 Å². The van der Waals surface area contributed by atoms with Crippen molar-refractivity contribution in [3.8, 4) is 17.2 Å². The van der Waals surface area contributed by atoms with Crippen molar-refractivity contribution in [1.82, 2.24) is 0 Å². The molecule has 19 heavy (non-hydrogen) atoms. The molecule has 0 unspecified atom stereocenters. The topological polar surface area (TPSA) is 55.8 Å². The number of methoxy groups -OCH3 is 1. The molecule has 0 saturated carbocycles. The molecule has 0 spiro atoms. The van der Waals surface area contributed by atoms with Crippen LogP contribution in [0.4, 0.5) is 0 Å². The Morgan fingerprint density at radius 3 is 2.26 bits per heavy atom. The first-order chi connectivity index (χ1) is 9.10. The molecule has 0 amide bonds. The molecule has 1 N–H and O–H groups in total. The summed E-state index contributed by atoms with van der Waals surface area (Å²) in [7, 11) is 1.58. The van der Waals surface area contributed by atoms with Crippen LogP contribution in [0.5, 0.6) is 17.2 Å². The van der Waals surface area contributed by atoms with Crippen LogP contribution in [0.1, 0.15) is 15.9 Å². The maximum absolute atomic E-state index is 11.1. The Hall–Kier alpha value is -2.49. The third-order valence-electron chi connectivity index (χ3n) is 2.65. The van der Waals surface area contributed by atoms with E-state index >= 15 is 0 Å². The van der Waals surface area contributed by atoms with Crippen LogP contribution in [0.25, 0.3) is 0 Å². The molecule has 0 bridgehead atoms. The van der Waals surface area contributed by atoms with Gasteiger partial charge in [-0.05, 0) is 48.9 Å². The molecule has 2 rings (SSSR count). The van der Waals surface area contributed by atoms with E-state index in [0.29, 0.717) is 11.5 Å². The number of carboxylic acids is 1. The fourth-order valence-electron chi connectivity index (χ4n) is 1.66. The highest BCUT2D eigenvalue weighted by Gasteiger charge is 2.12. The molecule has 0 aliphatic rings. The van der Waals surface area contributed by atoms with E-state index in [4.69, 9.17) is 14.6 Å². The molecule has 2 aromatic rings. The van der Waals surface area contributed by atoms with E-state index in [1.807, 2.05) is 6.92 Å². The summed E-state index contributed by atoms with van der Waals surface area (Å²) >= 11 is 0. The van der Waals surface area contributed by atoms with Crippen molar-refractivity contribution in [2.75, 3.05) is 7.11 Å². The maximum Gasteiger partial charge on any atom is 0.339 e. The highest BCUT2D eigenvalue weighted by molar-refractivity contribution is 5.91. The van der Waals surface area contributed by atoms with E-state index in [0.717, 1.165) is 11.3 Å². The van der Waals surface area contributed by atoms with Gasteiger partial charge in [-0.15, -0.1) is 0 Å². The van der Waals surface area contributed by atoms with Crippen LogP contribution in [0.3, 0.4) is 0 Å². The summed E-state index contributed by atoms with van der Waals surface area (Å²) in [4.78, 5) is 11.1. The summed E-state index contributed by atoms with van der Waals surface area (Å²) in [5.41, 5.74) is 1.08. The summed E-state index contributed by atoms with van der Waals surface area (Å²) < 4.78 is 10.7. The molecule has 4 nitrogen and oxygen atoms in total. The van der Waals surface area contributed by atoms with Gasteiger partial charge < -0.3 is 14.6 Å². The second kappa shape index (κ2) is 5.44. The average Bonchev–Trinajstić information content (AvgIpc) is 2.39. The summed E-state index contributed by atoms with van der Waals surface area (Å²) in [6.07, 6.45) is 0. The van der Waals surface area contributed by atoms with Crippen LogP contribution in [0.15, 0.2) is 42.5 Å². The van der Waals surface area contributed by atoms with Gasteiger partial charge in [-0.2, -0.15) is 0 Å².